The predicted octanol–water partition coefficient (Wildman–Crippen LogP) is 0.0273. The van der Waals surface area contributed by atoms with Gasteiger partial charge in [0.1, 0.15) is 11.8 Å². The quantitative estimate of drug-likeness (QED) is 0.310. The number of hydrogen-bond acceptors (Lipinski definition) is 8. The Kier molecular flexibility index (Phi) is 7.26. The average molecular weight is 514 g/mol. The molecule has 0 bridgehead atoms. The van der Waals surface area contributed by atoms with Crippen molar-refractivity contribution in [3.8, 4) is 5.75 Å². The molecule has 0 aliphatic carbocycles. The zero-order valence-electron chi connectivity index (χ0n) is 19.2. The van der Waals surface area contributed by atoms with E-state index < -0.39 is 48.8 Å². The molecular formula is C22H23BN4O8S. The SMILES string of the molecule is CCN1CCN(C(=O)NC(C(=O)N[C@H]2Cc3cccc(C(=O)O)c3OB2O)c2cccs2)C(=O)C1=O. The standard InChI is InChI=1S/C22H23BN4O8S/c1-2-26-8-9-27(20(30)19(26)29)22(33)25-16(14-7-4-10-36-14)18(28)24-15-11-12-5-3-6-13(21(31)32)17(12)35-23(15)34/h3-7,10,15-16,34H,2,8-9,11H2,1H3,(H,24,28)(H,25,33)(H,31,32)/t15-,16?/m0/s1. The van der Waals surface area contributed by atoms with Crippen LogP contribution in [-0.2, 0) is 20.8 Å². The highest BCUT2D eigenvalue weighted by molar-refractivity contribution is 7.10. The maximum Gasteiger partial charge on any atom is 0.547 e. The molecule has 1 aromatic heterocycles. The minimum Gasteiger partial charge on any atom is -0.534 e. The van der Waals surface area contributed by atoms with Crippen molar-refractivity contribution in [1.29, 1.82) is 0 Å². The van der Waals surface area contributed by atoms with Crippen LogP contribution < -0.4 is 15.3 Å². The molecule has 4 rings (SSSR count). The number of carboxylic acids is 1. The number of carbonyl (C=O) groups is 5. The number of carbonyl (C=O) groups excluding carboxylic acids is 4. The van der Waals surface area contributed by atoms with Crippen molar-refractivity contribution in [1.82, 2.24) is 20.4 Å². The molecule has 14 heteroatoms. The highest BCUT2D eigenvalue weighted by Crippen LogP contribution is 2.30. The highest BCUT2D eigenvalue weighted by Gasteiger charge is 2.41. The monoisotopic (exact) mass is 514 g/mol. The third-order valence-electron chi connectivity index (χ3n) is 5.97. The lowest BCUT2D eigenvalue weighted by atomic mass is 9.72. The Morgan fingerprint density at radius 3 is 2.64 bits per heavy atom. The molecule has 2 atom stereocenters. The first-order chi connectivity index (χ1) is 17.2. The molecule has 3 heterocycles. The number of thiophene rings is 1. The van der Waals surface area contributed by atoms with E-state index in [9.17, 15) is 34.1 Å². The minimum absolute atomic E-state index is 0.0130. The van der Waals surface area contributed by atoms with Crippen LogP contribution in [0.25, 0.3) is 0 Å². The van der Waals surface area contributed by atoms with Crippen molar-refractivity contribution < 1.29 is 38.8 Å². The summed E-state index contributed by atoms with van der Waals surface area (Å²) in [5.41, 5.74) is 0.377. The van der Waals surface area contributed by atoms with Crippen molar-refractivity contribution in [2.45, 2.75) is 25.3 Å². The Bertz CT molecular complexity index is 1210. The van der Waals surface area contributed by atoms with Crippen LogP contribution >= 0.6 is 11.3 Å². The third kappa shape index (κ3) is 4.90. The number of benzene rings is 1. The third-order valence-corrected chi connectivity index (χ3v) is 6.91. The number of fused-ring (bicyclic) bond motifs is 1. The van der Waals surface area contributed by atoms with Gasteiger partial charge in [-0.05, 0) is 36.4 Å². The molecule has 2 aliphatic heterocycles. The average Bonchev–Trinajstić information content (AvgIpc) is 3.38. The van der Waals surface area contributed by atoms with Gasteiger partial charge >= 0.3 is 30.9 Å². The number of hydrogen-bond donors (Lipinski definition) is 4. The van der Waals surface area contributed by atoms with Gasteiger partial charge in [-0.3, -0.25) is 19.3 Å². The lowest BCUT2D eigenvalue weighted by Gasteiger charge is -2.33. The Morgan fingerprint density at radius 1 is 1.19 bits per heavy atom. The van der Waals surface area contributed by atoms with Gasteiger partial charge in [-0.15, -0.1) is 11.3 Å². The summed E-state index contributed by atoms with van der Waals surface area (Å²) in [4.78, 5) is 64.7. The number of piperazine rings is 1. The molecule has 36 heavy (non-hydrogen) atoms. The second-order valence-electron chi connectivity index (χ2n) is 8.17. The number of amides is 5. The molecule has 5 amide bonds. The number of nitrogens with one attached hydrogen (secondary N) is 2. The lowest BCUT2D eigenvalue weighted by molar-refractivity contribution is -0.153. The number of carboxylic acid groups (broad SMARTS) is 1. The van der Waals surface area contributed by atoms with E-state index in [0.29, 0.717) is 17.0 Å². The molecule has 0 radical (unpaired) electrons. The smallest absolute Gasteiger partial charge is 0.534 e. The summed E-state index contributed by atoms with van der Waals surface area (Å²) in [6.07, 6.45) is 0.0838. The molecule has 0 saturated carbocycles. The van der Waals surface area contributed by atoms with Crippen LogP contribution in [0.2, 0.25) is 0 Å². The maximum atomic E-state index is 13.2. The topological polar surface area (TPSA) is 166 Å². The van der Waals surface area contributed by atoms with Crippen molar-refractivity contribution in [2.24, 2.45) is 0 Å². The number of aromatic carboxylic acids is 1. The summed E-state index contributed by atoms with van der Waals surface area (Å²) in [6.45, 7) is 2.24. The normalized spacial score (nSPS) is 18.3. The molecule has 1 unspecified atom stereocenters. The summed E-state index contributed by atoms with van der Waals surface area (Å²) >= 11 is 1.20. The molecule has 188 valence electrons. The second-order valence-corrected chi connectivity index (χ2v) is 9.15. The van der Waals surface area contributed by atoms with Crippen LogP contribution in [0.5, 0.6) is 5.75 Å². The molecule has 1 saturated heterocycles. The van der Waals surface area contributed by atoms with Gasteiger partial charge in [0.05, 0.1) is 11.5 Å². The van der Waals surface area contributed by atoms with Gasteiger partial charge in [0, 0.05) is 24.5 Å². The van der Waals surface area contributed by atoms with E-state index in [1.54, 1.807) is 30.5 Å². The van der Waals surface area contributed by atoms with E-state index in [1.165, 1.54) is 28.4 Å². The first-order valence-electron chi connectivity index (χ1n) is 11.2. The minimum atomic E-state index is -1.54. The Hall–Kier alpha value is -3.91. The van der Waals surface area contributed by atoms with E-state index in [-0.39, 0.29) is 30.8 Å². The van der Waals surface area contributed by atoms with Gasteiger partial charge in [0.2, 0.25) is 5.91 Å². The molecule has 2 aromatic rings. The molecule has 2 aliphatic rings. The fourth-order valence-electron chi connectivity index (χ4n) is 4.07. The molecule has 0 spiro atoms. The number of para-hydroxylation sites is 1. The number of urea groups is 1. The molecule has 12 nitrogen and oxygen atoms in total. The van der Waals surface area contributed by atoms with Crippen molar-refractivity contribution in [2.75, 3.05) is 19.6 Å². The van der Waals surface area contributed by atoms with Crippen molar-refractivity contribution in [3.63, 3.8) is 0 Å². The highest BCUT2D eigenvalue weighted by atomic mass is 32.1. The van der Waals surface area contributed by atoms with Crippen LogP contribution in [0.1, 0.15) is 33.8 Å². The summed E-state index contributed by atoms with van der Waals surface area (Å²) in [6, 6.07) is 5.71. The van der Waals surface area contributed by atoms with E-state index in [0.717, 1.165) is 4.90 Å². The first kappa shape index (κ1) is 25.2. The van der Waals surface area contributed by atoms with Crippen LogP contribution in [0.4, 0.5) is 4.79 Å². The van der Waals surface area contributed by atoms with E-state index >= 15 is 0 Å². The fraction of sp³-hybridized carbons (Fsp3) is 0.318. The van der Waals surface area contributed by atoms with Crippen LogP contribution in [0.3, 0.4) is 0 Å². The Morgan fingerprint density at radius 2 is 1.97 bits per heavy atom. The number of nitrogens with zero attached hydrogens (tertiary/aromatic N) is 2. The first-order valence-corrected chi connectivity index (χ1v) is 12.0. The van der Waals surface area contributed by atoms with Gasteiger partial charge in [0.15, 0.2) is 0 Å². The number of rotatable bonds is 6. The molecular weight excluding hydrogens is 491 g/mol. The van der Waals surface area contributed by atoms with Crippen LogP contribution in [-0.4, -0.2) is 82.3 Å². The van der Waals surface area contributed by atoms with E-state index in [2.05, 4.69) is 10.6 Å². The number of likely N-dealkylation sites (N-methyl/N-ethyl adjacent to an activating group) is 1. The second kappa shape index (κ2) is 10.4. The lowest BCUT2D eigenvalue weighted by Crippen LogP contribution is -2.60. The summed E-state index contributed by atoms with van der Waals surface area (Å²) in [5.74, 6) is -4.58. The van der Waals surface area contributed by atoms with E-state index in [1.807, 2.05) is 0 Å². The Balaban J connectivity index is 1.50. The largest absolute Gasteiger partial charge is 0.547 e. The maximum absolute atomic E-state index is 13.2. The van der Waals surface area contributed by atoms with Gasteiger partial charge in [0.25, 0.3) is 0 Å². The number of imide groups is 1. The molecule has 4 N–H and O–H groups in total. The van der Waals surface area contributed by atoms with Gasteiger partial charge in [-0.2, -0.15) is 0 Å². The summed E-state index contributed by atoms with van der Waals surface area (Å²) in [5, 5.41) is 26.7. The predicted molar refractivity (Wildman–Crippen MR) is 127 cm³/mol. The molecule has 1 fully saturated rings. The van der Waals surface area contributed by atoms with Crippen LogP contribution in [0.15, 0.2) is 35.7 Å². The summed E-state index contributed by atoms with van der Waals surface area (Å²) in [7, 11) is -1.54. The van der Waals surface area contributed by atoms with Crippen molar-refractivity contribution in [3.05, 3.63) is 51.7 Å². The fourth-order valence-corrected chi connectivity index (χ4v) is 4.85. The molecule has 1 aromatic carbocycles. The summed E-state index contributed by atoms with van der Waals surface area (Å²) < 4.78 is 5.41. The van der Waals surface area contributed by atoms with Gasteiger partial charge < -0.3 is 30.3 Å². The van der Waals surface area contributed by atoms with Gasteiger partial charge in [-0.1, -0.05) is 18.2 Å². The van der Waals surface area contributed by atoms with Gasteiger partial charge in [-0.25, -0.2) is 9.59 Å². The zero-order valence-corrected chi connectivity index (χ0v) is 20.0. The van der Waals surface area contributed by atoms with Crippen molar-refractivity contribution >= 4 is 48.2 Å². The van der Waals surface area contributed by atoms with Crippen LogP contribution in [0, 0.1) is 0 Å². The van der Waals surface area contributed by atoms with E-state index in [4.69, 9.17) is 4.65 Å². The Labute approximate surface area is 210 Å². The zero-order chi connectivity index (χ0) is 26.0.